The Bertz CT molecular complexity index is 363. The molecule has 0 unspecified atom stereocenters. The van der Waals surface area contributed by atoms with Crippen molar-refractivity contribution in [1.82, 2.24) is 15.3 Å². The summed E-state index contributed by atoms with van der Waals surface area (Å²) in [6.45, 7) is 3.40. The lowest BCUT2D eigenvalue weighted by atomic mass is 10.1. The standard InChI is InChI=1S/C9H12BrN3O2/c1-9(2,15)4-12-8(14)7-6(10)3-11-5-13-7/h3,5,15H,4H2,1-2H3,(H,12,14). The van der Waals surface area contributed by atoms with Crippen LogP contribution in [0.15, 0.2) is 17.0 Å². The third-order valence-corrected chi connectivity index (χ3v) is 2.14. The summed E-state index contributed by atoms with van der Waals surface area (Å²) in [5.41, 5.74) is -0.677. The van der Waals surface area contributed by atoms with Gasteiger partial charge in [0.25, 0.3) is 5.91 Å². The summed E-state index contributed by atoms with van der Waals surface area (Å²) in [4.78, 5) is 19.1. The van der Waals surface area contributed by atoms with Crippen LogP contribution < -0.4 is 5.32 Å². The summed E-state index contributed by atoms with van der Waals surface area (Å²) < 4.78 is 0.526. The quantitative estimate of drug-likeness (QED) is 0.852. The number of nitrogens with zero attached hydrogens (tertiary/aromatic N) is 2. The molecule has 0 spiro atoms. The predicted molar refractivity (Wildman–Crippen MR) is 58.4 cm³/mol. The van der Waals surface area contributed by atoms with E-state index in [0.29, 0.717) is 4.47 Å². The Morgan fingerprint density at radius 1 is 1.67 bits per heavy atom. The minimum absolute atomic E-state index is 0.169. The highest BCUT2D eigenvalue weighted by Gasteiger charge is 2.16. The van der Waals surface area contributed by atoms with Crippen LogP contribution in [0.2, 0.25) is 0 Å². The molecule has 15 heavy (non-hydrogen) atoms. The minimum atomic E-state index is -0.935. The Morgan fingerprint density at radius 3 is 2.87 bits per heavy atom. The van der Waals surface area contributed by atoms with E-state index in [1.807, 2.05) is 0 Å². The molecule has 1 aromatic rings. The molecule has 0 radical (unpaired) electrons. The highest BCUT2D eigenvalue weighted by Crippen LogP contribution is 2.11. The van der Waals surface area contributed by atoms with Gasteiger partial charge in [-0.15, -0.1) is 0 Å². The lowest BCUT2D eigenvalue weighted by Gasteiger charge is -2.17. The van der Waals surface area contributed by atoms with Gasteiger partial charge in [-0.05, 0) is 29.8 Å². The number of hydrogen-bond donors (Lipinski definition) is 2. The number of nitrogens with one attached hydrogen (secondary N) is 1. The van der Waals surface area contributed by atoms with E-state index in [2.05, 4.69) is 31.2 Å². The van der Waals surface area contributed by atoms with Crippen LogP contribution >= 0.6 is 15.9 Å². The number of amides is 1. The van der Waals surface area contributed by atoms with Crippen LogP contribution in [0.4, 0.5) is 0 Å². The molecule has 1 aromatic heterocycles. The molecule has 6 heteroatoms. The average Bonchev–Trinajstić information content (AvgIpc) is 2.14. The molecule has 0 aromatic carbocycles. The predicted octanol–water partition coefficient (Wildman–Crippen LogP) is 0.740. The normalized spacial score (nSPS) is 11.2. The van der Waals surface area contributed by atoms with Gasteiger partial charge in [0.1, 0.15) is 12.0 Å². The molecular formula is C9H12BrN3O2. The first-order valence-electron chi connectivity index (χ1n) is 4.36. The van der Waals surface area contributed by atoms with Crippen molar-refractivity contribution in [3.8, 4) is 0 Å². The third-order valence-electron chi connectivity index (χ3n) is 1.56. The fourth-order valence-electron chi connectivity index (χ4n) is 0.860. The van der Waals surface area contributed by atoms with E-state index < -0.39 is 5.60 Å². The van der Waals surface area contributed by atoms with Gasteiger partial charge in [-0.3, -0.25) is 4.79 Å². The summed E-state index contributed by atoms with van der Waals surface area (Å²) in [6.07, 6.45) is 2.79. The van der Waals surface area contributed by atoms with Crippen molar-refractivity contribution in [2.75, 3.05) is 6.54 Å². The highest BCUT2D eigenvalue weighted by molar-refractivity contribution is 9.10. The Kier molecular flexibility index (Phi) is 3.76. The fourth-order valence-corrected chi connectivity index (χ4v) is 1.26. The molecule has 1 amide bonds. The largest absolute Gasteiger partial charge is 0.389 e. The number of carbonyl (C=O) groups excluding carboxylic acids is 1. The first-order chi connectivity index (χ1) is 6.90. The van der Waals surface area contributed by atoms with Crippen molar-refractivity contribution in [2.45, 2.75) is 19.4 Å². The Morgan fingerprint density at radius 2 is 2.33 bits per heavy atom. The first-order valence-corrected chi connectivity index (χ1v) is 5.15. The molecule has 0 saturated carbocycles. The van der Waals surface area contributed by atoms with Gasteiger partial charge in [0.2, 0.25) is 0 Å². The van der Waals surface area contributed by atoms with E-state index in [-0.39, 0.29) is 18.1 Å². The van der Waals surface area contributed by atoms with Crippen molar-refractivity contribution in [1.29, 1.82) is 0 Å². The molecule has 0 atom stereocenters. The van der Waals surface area contributed by atoms with Gasteiger partial charge in [0, 0.05) is 12.7 Å². The third kappa shape index (κ3) is 3.93. The minimum Gasteiger partial charge on any atom is -0.389 e. The Balaban J connectivity index is 2.66. The molecule has 5 nitrogen and oxygen atoms in total. The number of halogens is 1. The van der Waals surface area contributed by atoms with E-state index in [0.717, 1.165) is 0 Å². The van der Waals surface area contributed by atoms with Gasteiger partial charge in [0.15, 0.2) is 0 Å². The molecule has 82 valence electrons. The molecule has 2 N–H and O–H groups in total. The summed E-state index contributed by atoms with van der Waals surface area (Å²) in [5, 5.41) is 12.0. The van der Waals surface area contributed by atoms with Crippen molar-refractivity contribution < 1.29 is 9.90 Å². The van der Waals surface area contributed by atoms with E-state index in [1.165, 1.54) is 12.5 Å². The van der Waals surface area contributed by atoms with Gasteiger partial charge in [-0.1, -0.05) is 0 Å². The van der Waals surface area contributed by atoms with Gasteiger partial charge < -0.3 is 10.4 Å². The van der Waals surface area contributed by atoms with Crippen molar-refractivity contribution in [2.24, 2.45) is 0 Å². The van der Waals surface area contributed by atoms with Crippen molar-refractivity contribution in [3.63, 3.8) is 0 Å². The van der Waals surface area contributed by atoms with Crippen LogP contribution in [-0.4, -0.2) is 33.1 Å². The summed E-state index contributed by atoms with van der Waals surface area (Å²) in [5.74, 6) is -0.341. The topological polar surface area (TPSA) is 75.1 Å². The molecule has 0 saturated heterocycles. The zero-order valence-electron chi connectivity index (χ0n) is 8.49. The number of aliphatic hydroxyl groups is 1. The lowest BCUT2D eigenvalue weighted by Crippen LogP contribution is -2.38. The van der Waals surface area contributed by atoms with Crippen LogP contribution in [-0.2, 0) is 0 Å². The highest BCUT2D eigenvalue weighted by atomic mass is 79.9. The lowest BCUT2D eigenvalue weighted by molar-refractivity contribution is 0.0691. The molecular weight excluding hydrogens is 262 g/mol. The maximum atomic E-state index is 11.6. The first kappa shape index (κ1) is 12.1. The smallest absolute Gasteiger partial charge is 0.271 e. The second kappa shape index (κ2) is 4.67. The zero-order chi connectivity index (χ0) is 11.5. The van der Waals surface area contributed by atoms with Gasteiger partial charge in [0.05, 0.1) is 10.1 Å². The Hall–Kier alpha value is -1.01. The van der Waals surface area contributed by atoms with Crippen LogP contribution in [0, 0.1) is 0 Å². The fraction of sp³-hybridized carbons (Fsp3) is 0.444. The van der Waals surface area contributed by atoms with E-state index in [9.17, 15) is 9.90 Å². The average molecular weight is 274 g/mol. The summed E-state index contributed by atoms with van der Waals surface area (Å²) in [6, 6.07) is 0. The molecule has 1 rings (SSSR count). The van der Waals surface area contributed by atoms with E-state index in [4.69, 9.17) is 0 Å². The second-order valence-corrected chi connectivity index (χ2v) is 4.57. The summed E-state index contributed by atoms with van der Waals surface area (Å²) in [7, 11) is 0. The number of carbonyl (C=O) groups is 1. The molecule has 0 bridgehead atoms. The molecule has 0 aliphatic carbocycles. The van der Waals surface area contributed by atoms with Crippen LogP contribution in [0.5, 0.6) is 0 Å². The second-order valence-electron chi connectivity index (χ2n) is 3.71. The zero-order valence-corrected chi connectivity index (χ0v) is 10.1. The SMILES string of the molecule is CC(C)(O)CNC(=O)c1ncncc1Br. The van der Waals surface area contributed by atoms with Crippen LogP contribution in [0.3, 0.4) is 0 Å². The van der Waals surface area contributed by atoms with Gasteiger partial charge >= 0.3 is 0 Å². The molecule has 0 aliphatic heterocycles. The van der Waals surface area contributed by atoms with Crippen molar-refractivity contribution in [3.05, 3.63) is 22.7 Å². The Labute approximate surface area is 96.1 Å². The number of hydrogen-bond acceptors (Lipinski definition) is 4. The summed E-state index contributed by atoms with van der Waals surface area (Å²) >= 11 is 3.17. The van der Waals surface area contributed by atoms with E-state index >= 15 is 0 Å². The number of aromatic nitrogens is 2. The van der Waals surface area contributed by atoms with Gasteiger partial charge in [-0.25, -0.2) is 9.97 Å². The molecule has 0 fully saturated rings. The maximum absolute atomic E-state index is 11.6. The van der Waals surface area contributed by atoms with Crippen molar-refractivity contribution >= 4 is 21.8 Å². The monoisotopic (exact) mass is 273 g/mol. The molecule has 1 heterocycles. The maximum Gasteiger partial charge on any atom is 0.271 e. The molecule has 0 aliphatic rings. The van der Waals surface area contributed by atoms with E-state index in [1.54, 1.807) is 13.8 Å². The van der Waals surface area contributed by atoms with Crippen LogP contribution in [0.25, 0.3) is 0 Å². The van der Waals surface area contributed by atoms with Gasteiger partial charge in [-0.2, -0.15) is 0 Å². The van der Waals surface area contributed by atoms with Crippen LogP contribution in [0.1, 0.15) is 24.3 Å². The number of rotatable bonds is 3.